The van der Waals surface area contributed by atoms with Crippen LogP contribution in [-0.2, 0) is 19.6 Å². The van der Waals surface area contributed by atoms with Crippen molar-refractivity contribution in [2.24, 2.45) is 11.3 Å². The van der Waals surface area contributed by atoms with E-state index in [1.807, 2.05) is 0 Å². The molecule has 120 valence electrons. The first-order valence-corrected chi connectivity index (χ1v) is 9.32. The van der Waals surface area contributed by atoms with Crippen molar-refractivity contribution in [1.82, 2.24) is 4.31 Å². The quantitative estimate of drug-likeness (QED) is 0.788. The Morgan fingerprint density at radius 3 is 2.67 bits per heavy atom. The molecule has 1 saturated heterocycles. The Morgan fingerprint density at radius 2 is 2.10 bits per heavy atom. The predicted molar refractivity (Wildman–Crippen MR) is 77.3 cm³/mol. The normalized spacial score (nSPS) is 32.0. The fraction of sp³-hybridized carbons (Fsp3) is 0.857. The van der Waals surface area contributed by atoms with Crippen LogP contribution in [0.15, 0.2) is 0 Å². The third kappa shape index (κ3) is 3.45. The number of ketones is 1. The second kappa shape index (κ2) is 6.04. The molecule has 1 N–H and O–H groups in total. The second-order valence-corrected chi connectivity index (χ2v) is 8.33. The van der Waals surface area contributed by atoms with E-state index in [-0.39, 0.29) is 18.1 Å². The molecule has 6 nitrogen and oxygen atoms in total. The van der Waals surface area contributed by atoms with Crippen molar-refractivity contribution in [2.45, 2.75) is 44.9 Å². The van der Waals surface area contributed by atoms with Gasteiger partial charge in [0.25, 0.3) is 0 Å². The third-order valence-corrected chi connectivity index (χ3v) is 6.06. The first kappa shape index (κ1) is 16.4. The molecule has 1 heterocycles. The summed E-state index contributed by atoms with van der Waals surface area (Å²) in [6.07, 6.45) is 5.18. The highest BCUT2D eigenvalue weighted by atomic mass is 32.2. The predicted octanol–water partition coefficient (Wildman–Crippen LogP) is 1.26. The van der Waals surface area contributed by atoms with Gasteiger partial charge in [-0.25, -0.2) is 12.7 Å². The first-order chi connectivity index (χ1) is 9.75. The molecule has 1 aliphatic heterocycles. The van der Waals surface area contributed by atoms with Crippen LogP contribution >= 0.6 is 0 Å². The molecule has 2 aliphatic rings. The number of aliphatic carboxylic acids is 1. The largest absolute Gasteiger partial charge is 0.480 e. The molecule has 2 unspecified atom stereocenters. The third-order valence-electron chi connectivity index (χ3n) is 4.79. The Balaban J connectivity index is 2.14. The minimum atomic E-state index is -3.25. The van der Waals surface area contributed by atoms with E-state index >= 15 is 0 Å². The Bertz CT molecular complexity index is 529. The van der Waals surface area contributed by atoms with Crippen LogP contribution in [0, 0.1) is 11.3 Å². The van der Waals surface area contributed by atoms with E-state index in [1.165, 1.54) is 10.6 Å². The molecule has 2 atom stereocenters. The molecule has 0 spiro atoms. The van der Waals surface area contributed by atoms with Crippen molar-refractivity contribution in [1.29, 1.82) is 0 Å². The lowest BCUT2D eigenvalue weighted by atomic mass is 9.67. The molecular weight excluding hydrogens is 294 g/mol. The highest BCUT2D eigenvalue weighted by Crippen LogP contribution is 2.41. The van der Waals surface area contributed by atoms with E-state index < -0.39 is 21.4 Å². The van der Waals surface area contributed by atoms with Crippen LogP contribution < -0.4 is 0 Å². The average molecular weight is 317 g/mol. The molecular formula is C14H23NO5S. The van der Waals surface area contributed by atoms with Gasteiger partial charge >= 0.3 is 5.97 Å². The van der Waals surface area contributed by atoms with E-state index in [9.17, 15) is 23.1 Å². The SMILES string of the molecule is CS(=O)(=O)N1CCCC(CC2(C(=O)O)CCCCC2=O)C1. The topological polar surface area (TPSA) is 91.8 Å². The minimum absolute atomic E-state index is 0.0494. The van der Waals surface area contributed by atoms with Crippen LogP contribution in [0.4, 0.5) is 0 Å². The lowest BCUT2D eigenvalue weighted by molar-refractivity contribution is -0.158. The zero-order chi connectivity index (χ0) is 15.7. The molecule has 21 heavy (non-hydrogen) atoms. The summed E-state index contributed by atoms with van der Waals surface area (Å²) in [6.45, 7) is 0.824. The monoisotopic (exact) mass is 317 g/mol. The van der Waals surface area contributed by atoms with Crippen molar-refractivity contribution < 1.29 is 23.1 Å². The molecule has 0 aromatic rings. The van der Waals surface area contributed by atoms with E-state index in [2.05, 4.69) is 0 Å². The van der Waals surface area contributed by atoms with Crippen molar-refractivity contribution in [3.8, 4) is 0 Å². The number of sulfonamides is 1. The Hall–Kier alpha value is -0.950. The van der Waals surface area contributed by atoms with Crippen LogP contribution in [-0.4, -0.2) is 48.9 Å². The summed E-state index contributed by atoms with van der Waals surface area (Å²) in [5.41, 5.74) is -1.29. The number of carboxylic acids is 1. The number of rotatable bonds is 4. The maximum atomic E-state index is 12.2. The fourth-order valence-electron chi connectivity index (χ4n) is 3.61. The van der Waals surface area contributed by atoms with E-state index in [4.69, 9.17) is 0 Å². The summed E-state index contributed by atoms with van der Waals surface area (Å²) >= 11 is 0. The van der Waals surface area contributed by atoms with Gasteiger partial charge in [0, 0.05) is 19.5 Å². The number of carbonyl (C=O) groups excluding carboxylic acids is 1. The summed E-state index contributed by atoms with van der Waals surface area (Å²) in [5, 5.41) is 9.56. The molecule has 1 aliphatic carbocycles. The smallest absolute Gasteiger partial charge is 0.317 e. The molecule has 0 aromatic heterocycles. The van der Waals surface area contributed by atoms with Gasteiger partial charge < -0.3 is 5.11 Å². The van der Waals surface area contributed by atoms with E-state index in [1.54, 1.807) is 0 Å². The number of hydrogen-bond acceptors (Lipinski definition) is 4. The molecule has 0 radical (unpaired) electrons. The lowest BCUT2D eigenvalue weighted by Crippen LogP contribution is -2.46. The van der Waals surface area contributed by atoms with Crippen LogP contribution in [0.3, 0.4) is 0 Å². The Labute approximate surface area is 125 Å². The molecule has 0 bridgehead atoms. The maximum Gasteiger partial charge on any atom is 0.317 e. The van der Waals surface area contributed by atoms with Gasteiger partial charge in [0.1, 0.15) is 11.2 Å². The van der Waals surface area contributed by atoms with Gasteiger partial charge in [0.15, 0.2) is 0 Å². The van der Waals surface area contributed by atoms with Gasteiger partial charge in [-0.1, -0.05) is 6.42 Å². The summed E-state index contributed by atoms with van der Waals surface area (Å²) in [4.78, 5) is 23.9. The standard InChI is InChI=1S/C14H23NO5S/c1-21(19,20)15-8-4-5-11(10-15)9-14(13(17)18)7-3-2-6-12(14)16/h11H,2-10H2,1H3,(H,17,18). The zero-order valence-electron chi connectivity index (χ0n) is 12.4. The molecule has 1 saturated carbocycles. The van der Waals surface area contributed by atoms with Crippen molar-refractivity contribution in [3.05, 3.63) is 0 Å². The average Bonchev–Trinajstić information content (AvgIpc) is 2.40. The molecule has 0 aromatic carbocycles. The highest BCUT2D eigenvalue weighted by Gasteiger charge is 2.48. The minimum Gasteiger partial charge on any atom is -0.480 e. The Morgan fingerprint density at radius 1 is 1.38 bits per heavy atom. The number of hydrogen-bond donors (Lipinski definition) is 1. The van der Waals surface area contributed by atoms with Gasteiger partial charge in [-0.3, -0.25) is 9.59 Å². The van der Waals surface area contributed by atoms with Crippen molar-refractivity contribution >= 4 is 21.8 Å². The number of piperidine rings is 1. The number of carboxylic acid groups (broad SMARTS) is 1. The van der Waals surface area contributed by atoms with Crippen LogP contribution in [0.2, 0.25) is 0 Å². The van der Waals surface area contributed by atoms with E-state index in [0.29, 0.717) is 25.9 Å². The molecule has 2 rings (SSSR count). The lowest BCUT2D eigenvalue weighted by Gasteiger charge is -2.38. The fourth-order valence-corrected chi connectivity index (χ4v) is 4.55. The van der Waals surface area contributed by atoms with Crippen molar-refractivity contribution in [2.75, 3.05) is 19.3 Å². The number of carbonyl (C=O) groups is 2. The van der Waals surface area contributed by atoms with Gasteiger partial charge in [0.2, 0.25) is 10.0 Å². The summed E-state index contributed by atoms with van der Waals surface area (Å²) in [6, 6.07) is 0. The number of nitrogens with zero attached hydrogens (tertiary/aromatic N) is 1. The summed E-state index contributed by atoms with van der Waals surface area (Å²) in [7, 11) is -3.25. The first-order valence-electron chi connectivity index (χ1n) is 7.47. The van der Waals surface area contributed by atoms with Crippen LogP contribution in [0.1, 0.15) is 44.9 Å². The van der Waals surface area contributed by atoms with Crippen LogP contribution in [0.5, 0.6) is 0 Å². The van der Waals surface area contributed by atoms with Crippen molar-refractivity contribution in [3.63, 3.8) is 0 Å². The molecule has 7 heteroatoms. The molecule has 2 fully saturated rings. The van der Waals surface area contributed by atoms with Gasteiger partial charge in [0.05, 0.1) is 6.26 Å². The maximum absolute atomic E-state index is 12.2. The summed E-state index contributed by atoms with van der Waals surface area (Å²) in [5.74, 6) is -1.27. The van der Waals surface area contributed by atoms with Gasteiger partial charge in [-0.2, -0.15) is 0 Å². The Kier molecular flexibility index (Phi) is 4.72. The molecule has 0 amide bonds. The van der Waals surface area contributed by atoms with Crippen LogP contribution in [0.25, 0.3) is 0 Å². The second-order valence-electron chi connectivity index (χ2n) is 6.35. The zero-order valence-corrected chi connectivity index (χ0v) is 13.2. The highest BCUT2D eigenvalue weighted by molar-refractivity contribution is 7.88. The van der Waals surface area contributed by atoms with Gasteiger partial charge in [-0.15, -0.1) is 0 Å². The van der Waals surface area contributed by atoms with Gasteiger partial charge in [-0.05, 0) is 38.0 Å². The summed E-state index contributed by atoms with van der Waals surface area (Å²) < 4.78 is 24.7. The van der Waals surface area contributed by atoms with E-state index in [0.717, 1.165) is 25.7 Å². The number of Topliss-reactive ketones (excluding diaryl/α,β-unsaturated/α-hetero) is 1.